The highest BCUT2D eigenvalue weighted by atomic mass is 16.6. The minimum Gasteiger partial charge on any atom is -0.492 e. The summed E-state index contributed by atoms with van der Waals surface area (Å²) in [6.45, 7) is 1.51. The maximum absolute atomic E-state index is 11.2. The van der Waals surface area contributed by atoms with Crippen molar-refractivity contribution >= 4 is 11.7 Å². The molecule has 1 atom stereocenters. The van der Waals surface area contributed by atoms with Gasteiger partial charge in [-0.2, -0.15) is 5.10 Å². The summed E-state index contributed by atoms with van der Waals surface area (Å²) in [6.07, 6.45) is 3.11. The number of benzene rings is 1. The lowest BCUT2D eigenvalue weighted by atomic mass is 10.1. The van der Waals surface area contributed by atoms with E-state index >= 15 is 0 Å². The topological polar surface area (TPSA) is 111 Å². The monoisotopic (exact) mass is 360 g/mol. The van der Waals surface area contributed by atoms with E-state index in [1.807, 2.05) is 4.90 Å². The molecular formula is C17H20N4O5. The Bertz CT molecular complexity index is 819. The SMILES string of the molecule is Cn1nccc1-c1cc([N+](=O)[O-])ccc1OCCN1CCCC1C(=O)O. The predicted octanol–water partition coefficient (Wildman–Crippen LogP) is 1.92. The van der Waals surface area contributed by atoms with Crippen LogP contribution in [0.1, 0.15) is 12.8 Å². The fourth-order valence-corrected chi connectivity index (χ4v) is 3.24. The maximum atomic E-state index is 11.2. The van der Waals surface area contributed by atoms with Crippen LogP contribution >= 0.6 is 0 Å². The number of likely N-dealkylation sites (tertiary alicyclic amines) is 1. The fraction of sp³-hybridized carbons (Fsp3) is 0.412. The Morgan fingerprint density at radius 1 is 1.46 bits per heavy atom. The van der Waals surface area contributed by atoms with Crippen molar-refractivity contribution in [1.82, 2.24) is 14.7 Å². The molecule has 9 heteroatoms. The number of nitro benzene ring substituents is 1. The van der Waals surface area contributed by atoms with Crippen LogP contribution < -0.4 is 4.74 Å². The molecule has 1 aliphatic rings. The summed E-state index contributed by atoms with van der Waals surface area (Å²) in [5, 5.41) is 24.4. The minimum absolute atomic E-state index is 0.0287. The third-order valence-electron chi connectivity index (χ3n) is 4.56. The van der Waals surface area contributed by atoms with Crippen LogP contribution in [0, 0.1) is 10.1 Å². The molecule has 0 saturated carbocycles. The van der Waals surface area contributed by atoms with Gasteiger partial charge < -0.3 is 9.84 Å². The molecule has 1 aromatic heterocycles. The van der Waals surface area contributed by atoms with Crippen LogP contribution in [-0.4, -0.2) is 56.4 Å². The number of hydrogen-bond acceptors (Lipinski definition) is 6. The molecule has 0 bridgehead atoms. The summed E-state index contributed by atoms with van der Waals surface area (Å²) < 4.78 is 7.46. The zero-order valence-corrected chi connectivity index (χ0v) is 14.4. The standard InChI is InChI=1S/C17H20N4O5/c1-19-14(6-7-18-19)13-11-12(21(24)25)4-5-16(13)26-10-9-20-8-2-3-15(20)17(22)23/h4-7,11,15H,2-3,8-10H2,1H3,(H,22,23). The first-order valence-corrected chi connectivity index (χ1v) is 8.34. The first-order chi connectivity index (χ1) is 12.5. The Morgan fingerprint density at radius 2 is 2.27 bits per heavy atom. The first-order valence-electron chi connectivity index (χ1n) is 8.34. The van der Waals surface area contributed by atoms with Gasteiger partial charge in [-0.3, -0.25) is 24.5 Å². The number of aryl methyl sites for hydroxylation is 1. The number of aromatic nitrogens is 2. The maximum Gasteiger partial charge on any atom is 0.320 e. The minimum atomic E-state index is -0.812. The number of nitro groups is 1. The van der Waals surface area contributed by atoms with Gasteiger partial charge in [0.05, 0.1) is 10.6 Å². The van der Waals surface area contributed by atoms with Gasteiger partial charge in [0.1, 0.15) is 18.4 Å². The van der Waals surface area contributed by atoms with Gasteiger partial charge in [-0.25, -0.2) is 0 Å². The van der Waals surface area contributed by atoms with Crippen molar-refractivity contribution in [2.45, 2.75) is 18.9 Å². The summed E-state index contributed by atoms with van der Waals surface area (Å²) >= 11 is 0. The fourth-order valence-electron chi connectivity index (χ4n) is 3.24. The van der Waals surface area contributed by atoms with E-state index in [4.69, 9.17) is 4.74 Å². The van der Waals surface area contributed by atoms with Crippen molar-refractivity contribution in [1.29, 1.82) is 0 Å². The predicted molar refractivity (Wildman–Crippen MR) is 93.0 cm³/mol. The quantitative estimate of drug-likeness (QED) is 0.593. The van der Waals surface area contributed by atoms with Crippen LogP contribution in [-0.2, 0) is 11.8 Å². The number of aliphatic carboxylic acids is 1. The van der Waals surface area contributed by atoms with Crippen molar-refractivity contribution in [2.75, 3.05) is 19.7 Å². The average molecular weight is 360 g/mol. The van der Waals surface area contributed by atoms with E-state index in [9.17, 15) is 20.0 Å². The second kappa shape index (κ2) is 7.52. The summed E-state index contributed by atoms with van der Waals surface area (Å²) in [7, 11) is 1.75. The van der Waals surface area contributed by atoms with E-state index in [-0.39, 0.29) is 5.69 Å². The van der Waals surface area contributed by atoms with E-state index in [0.717, 1.165) is 13.0 Å². The molecule has 2 heterocycles. The number of carboxylic acids is 1. The Balaban J connectivity index is 1.76. The van der Waals surface area contributed by atoms with Crippen LogP contribution in [0.3, 0.4) is 0 Å². The third-order valence-corrected chi connectivity index (χ3v) is 4.56. The number of nitrogens with zero attached hydrogens (tertiary/aromatic N) is 4. The van der Waals surface area contributed by atoms with Gasteiger partial charge >= 0.3 is 5.97 Å². The van der Waals surface area contributed by atoms with Gasteiger partial charge in [-0.15, -0.1) is 0 Å². The molecular weight excluding hydrogens is 340 g/mol. The molecule has 2 aromatic rings. The molecule has 1 fully saturated rings. The summed E-state index contributed by atoms with van der Waals surface area (Å²) in [5.41, 5.74) is 1.25. The highest BCUT2D eigenvalue weighted by Crippen LogP contribution is 2.33. The largest absolute Gasteiger partial charge is 0.492 e. The Labute approximate surface area is 149 Å². The summed E-state index contributed by atoms with van der Waals surface area (Å²) in [6, 6.07) is 5.71. The highest BCUT2D eigenvalue weighted by molar-refractivity contribution is 5.73. The van der Waals surface area contributed by atoms with Crippen molar-refractivity contribution in [3.8, 4) is 17.0 Å². The van der Waals surface area contributed by atoms with Gasteiger partial charge in [0.2, 0.25) is 0 Å². The molecule has 1 unspecified atom stereocenters. The molecule has 0 radical (unpaired) electrons. The van der Waals surface area contributed by atoms with Crippen molar-refractivity contribution < 1.29 is 19.6 Å². The average Bonchev–Trinajstić information content (AvgIpc) is 3.24. The molecule has 0 aliphatic carbocycles. The Hall–Kier alpha value is -2.94. The number of carbonyl (C=O) groups is 1. The van der Waals surface area contributed by atoms with Gasteiger partial charge in [0, 0.05) is 37.5 Å². The van der Waals surface area contributed by atoms with E-state index in [1.54, 1.807) is 30.1 Å². The lowest BCUT2D eigenvalue weighted by molar-refractivity contribution is -0.384. The van der Waals surface area contributed by atoms with E-state index in [1.165, 1.54) is 12.1 Å². The first kappa shape index (κ1) is 17.9. The number of hydrogen-bond donors (Lipinski definition) is 1. The summed E-state index contributed by atoms with van der Waals surface area (Å²) in [4.78, 5) is 23.8. The van der Waals surface area contributed by atoms with E-state index < -0.39 is 16.9 Å². The van der Waals surface area contributed by atoms with Crippen molar-refractivity contribution in [3.63, 3.8) is 0 Å². The van der Waals surface area contributed by atoms with Gasteiger partial charge in [0.15, 0.2) is 0 Å². The van der Waals surface area contributed by atoms with Crippen LogP contribution in [0.2, 0.25) is 0 Å². The summed E-state index contributed by atoms with van der Waals surface area (Å²) in [5.74, 6) is -0.307. The molecule has 138 valence electrons. The van der Waals surface area contributed by atoms with E-state index in [0.29, 0.717) is 36.6 Å². The third kappa shape index (κ3) is 3.67. The van der Waals surface area contributed by atoms with Gasteiger partial charge in [0.25, 0.3) is 5.69 Å². The van der Waals surface area contributed by atoms with Crippen LogP contribution in [0.5, 0.6) is 5.75 Å². The van der Waals surface area contributed by atoms with Crippen molar-refractivity contribution in [2.24, 2.45) is 7.05 Å². The number of non-ortho nitro benzene ring substituents is 1. The van der Waals surface area contributed by atoms with Crippen LogP contribution in [0.4, 0.5) is 5.69 Å². The second-order valence-electron chi connectivity index (χ2n) is 6.16. The highest BCUT2D eigenvalue weighted by Gasteiger charge is 2.30. The zero-order chi connectivity index (χ0) is 18.7. The lowest BCUT2D eigenvalue weighted by Crippen LogP contribution is -2.38. The normalized spacial score (nSPS) is 17.3. The molecule has 3 rings (SSSR count). The molecule has 1 N–H and O–H groups in total. The lowest BCUT2D eigenvalue weighted by Gasteiger charge is -2.21. The molecule has 9 nitrogen and oxygen atoms in total. The van der Waals surface area contributed by atoms with E-state index in [2.05, 4.69) is 5.10 Å². The van der Waals surface area contributed by atoms with Crippen LogP contribution in [0.25, 0.3) is 11.3 Å². The number of rotatable bonds is 7. The Kier molecular flexibility index (Phi) is 5.17. The number of ether oxygens (including phenoxy) is 1. The second-order valence-corrected chi connectivity index (χ2v) is 6.16. The molecule has 26 heavy (non-hydrogen) atoms. The molecule has 1 saturated heterocycles. The van der Waals surface area contributed by atoms with Crippen LogP contribution in [0.15, 0.2) is 30.5 Å². The zero-order valence-electron chi connectivity index (χ0n) is 14.4. The molecule has 1 aromatic carbocycles. The molecule has 0 amide bonds. The Morgan fingerprint density at radius 3 is 2.92 bits per heavy atom. The van der Waals surface area contributed by atoms with Gasteiger partial charge in [-0.1, -0.05) is 0 Å². The molecule has 1 aliphatic heterocycles. The molecule has 0 spiro atoms. The van der Waals surface area contributed by atoms with Gasteiger partial charge in [-0.05, 0) is 31.5 Å². The number of carboxylic acid groups (broad SMARTS) is 1. The smallest absolute Gasteiger partial charge is 0.320 e. The van der Waals surface area contributed by atoms with Crippen molar-refractivity contribution in [3.05, 3.63) is 40.6 Å².